The summed E-state index contributed by atoms with van der Waals surface area (Å²) in [6, 6.07) is 10.2. The lowest BCUT2D eigenvalue weighted by Gasteiger charge is -2.20. The summed E-state index contributed by atoms with van der Waals surface area (Å²) < 4.78 is 12.9. The third kappa shape index (κ3) is 2.83. The fourth-order valence-electron chi connectivity index (χ4n) is 1.79. The van der Waals surface area contributed by atoms with Gasteiger partial charge in [-0.25, -0.2) is 4.39 Å². The largest absolute Gasteiger partial charge is 0.344 e. The zero-order valence-electron chi connectivity index (χ0n) is 10.7. The number of nitrogens with two attached hydrogens (primary N) is 1. The first kappa shape index (κ1) is 13.8. The van der Waals surface area contributed by atoms with Gasteiger partial charge in [-0.3, -0.25) is 16.0 Å². The highest BCUT2D eigenvalue weighted by molar-refractivity contribution is 5.70. The molecule has 0 aliphatic carbocycles. The standard InChI is InChI=1S/C13H13FN4O2/c1-17(11-4-2-9(14)3-5-11)12-6-10(16-15)7-13(8-12)18(19)20/h2-8,16H,15H2,1H3. The first-order valence-electron chi connectivity index (χ1n) is 5.76. The Hall–Kier alpha value is -2.67. The number of rotatable bonds is 4. The number of anilines is 3. The SMILES string of the molecule is CN(c1ccc(F)cc1)c1cc(NN)cc([N+](=O)[O-])c1. The van der Waals surface area contributed by atoms with Gasteiger partial charge in [0.1, 0.15) is 5.82 Å². The highest BCUT2D eigenvalue weighted by atomic mass is 19.1. The first-order valence-corrected chi connectivity index (χ1v) is 5.76. The zero-order valence-corrected chi connectivity index (χ0v) is 10.7. The molecule has 7 heteroatoms. The van der Waals surface area contributed by atoms with E-state index in [1.54, 1.807) is 30.1 Å². The predicted molar refractivity (Wildman–Crippen MR) is 75.4 cm³/mol. The second kappa shape index (κ2) is 5.54. The molecule has 0 aliphatic heterocycles. The van der Waals surface area contributed by atoms with Crippen LogP contribution in [0.1, 0.15) is 0 Å². The molecule has 0 saturated carbocycles. The molecule has 2 aromatic carbocycles. The van der Waals surface area contributed by atoms with Crippen molar-refractivity contribution in [2.24, 2.45) is 5.84 Å². The molecule has 0 atom stereocenters. The summed E-state index contributed by atoms with van der Waals surface area (Å²) in [5.41, 5.74) is 4.00. The highest BCUT2D eigenvalue weighted by Crippen LogP contribution is 2.30. The van der Waals surface area contributed by atoms with Gasteiger partial charge in [-0.1, -0.05) is 0 Å². The molecule has 6 nitrogen and oxygen atoms in total. The Morgan fingerprint density at radius 2 is 1.85 bits per heavy atom. The molecule has 0 saturated heterocycles. The maximum atomic E-state index is 12.9. The van der Waals surface area contributed by atoms with Gasteiger partial charge in [0.15, 0.2) is 0 Å². The van der Waals surface area contributed by atoms with Gasteiger partial charge in [0.25, 0.3) is 5.69 Å². The third-order valence-electron chi connectivity index (χ3n) is 2.88. The molecule has 0 amide bonds. The number of nitro benzene ring substituents is 1. The summed E-state index contributed by atoms with van der Waals surface area (Å²) in [5, 5.41) is 10.9. The van der Waals surface area contributed by atoms with Crippen molar-refractivity contribution in [3.63, 3.8) is 0 Å². The summed E-state index contributed by atoms with van der Waals surface area (Å²) in [4.78, 5) is 12.1. The molecule has 2 aromatic rings. The molecule has 0 heterocycles. The van der Waals surface area contributed by atoms with Crippen LogP contribution >= 0.6 is 0 Å². The Morgan fingerprint density at radius 3 is 2.40 bits per heavy atom. The maximum absolute atomic E-state index is 12.9. The van der Waals surface area contributed by atoms with Crippen LogP contribution in [0.5, 0.6) is 0 Å². The van der Waals surface area contributed by atoms with E-state index in [2.05, 4.69) is 5.43 Å². The number of nitrogens with one attached hydrogen (secondary N) is 1. The maximum Gasteiger partial charge on any atom is 0.273 e. The van der Waals surface area contributed by atoms with E-state index in [0.29, 0.717) is 17.1 Å². The van der Waals surface area contributed by atoms with Gasteiger partial charge in [-0.05, 0) is 30.3 Å². The Labute approximate surface area is 114 Å². The number of nitrogen functional groups attached to an aromatic ring is 1. The van der Waals surface area contributed by atoms with E-state index >= 15 is 0 Å². The molecule has 0 aromatic heterocycles. The van der Waals surface area contributed by atoms with Crippen LogP contribution in [0.15, 0.2) is 42.5 Å². The number of non-ortho nitro benzene ring substituents is 1. The molecule has 0 unspecified atom stereocenters. The molecule has 20 heavy (non-hydrogen) atoms. The lowest BCUT2D eigenvalue weighted by molar-refractivity contribution is -0.384. The molecular formula is C13H13FN4O2. The van der Waals surface area contributed by atoms with E-state index in [1.807, 2.05) is 0 Å². The number of benzene rings is 2. The van der Waals surface area contributed by atoms with Gasteiger partial charge in [0.05, 0.1) is 10.6 Å². The van der Waals surface area contributed by atoms with Crippen molar-refractivity contribution in [1.82, 2.24) is 0 Å². The topological polar surface area (TPSA) is 84.4 Å². The zero-order chi connectivity index (χ0) is 14.7. The van der Waals surface area contributed by atoms with Gasteiger partial charge >= 0.3 is 0 Å². The Kier molecular flexibility index (Phi) is 3.81. The van der Waals surface area contributed by atoms with E-state index in [4.69, 9.17) is 5.84 Å². The van der Waals surface area contributed by atoms with Crippen LogP contribution in [0.4, 0.5) is 27.1 Å². The van der Waals surface area contributed by atoms with Gasteiger partial charge in [0.2, 0.25) is 0 Å². The smallest absolute Gasteiger partial charge is 0.273 e. The number of hydrazine groups is 1. The summed E-state index contributed by atoms with van der Waals surface area (Å²) in [6.07, 6.45) is 0. The minimum atomic E-state index is -0.497. The van der Waals surface area contributed by atoms with Gasteiger partial charge in [-0.15, -0.1) is 0 Å². The Morgan fingerprint density at radius 1 is 1.20 bits per heavy atom. The number of nitro groups is 1. The minimum Gasteiger partial charge on any atom is -0.344 e. The number of hydrogen-bond donors (Lipinski definition) is 2. The van der Waals surface area contributed by atoms with Crippen molar-refractivity contribution in [2.75, 3.05) is 17.4 Å². The summed E-state index contributed by atoms with van der Waals surface area (Å²) in [7, 11) is 1.73. The molecule has 0 aliphatic rings. The lowest BCUT2D eigenvalue weighted by Crippen LogP contribution is -2.12. The Balaban J connectivity index is 2.42. The van der Waals surface area contributed by atoms with Crippen LogP contribution in [0.2, 0.25) is 0 Å². The molecule has 0 radical (unpaired) electrons. The average Bonchev–Trinajstić information content (AvgIpc) is 2.46. The van der Waals surface area contributed by atoms with E-state index in [9.17, 15) is 14.5 Å². The van der Waals surface area contributed by atoms with E-state index in [0.717, 1.165) is 0 Å². The lowest BCUT2D eigenvalue weighted by atomic mass is 10.2. The molecule has 0 fully saturated rings. The predicted octanol–water partition coefficient (Wildman–Crippen LogP) is 2.79. The second-order valence-electron chi connectivity index (χ2n) is 4.17. The number of hydrogen-bond acceptors (Lipinski definition) is 5. The van der Waals surface area contributed by atoms with Crippen LogP contribution in [-0.2, 0) is 0 Å². The minimum absolute atomic E-state index is 0.0792. The van der Waals surface area contributed by atoms with E-state index in [1.165, 1.54) is 24.3 Å². The summed E-state index contributed by atoms with van der Waals surface area (Å²) in [6.45, 7) is 0. The molecule has 3 N–H and O–H groups in total. The fraction of sp³-hybridized carbons (Fsp3) is 0.0769. The average molecular weight is 276 g/mol. The third-order valence-corrected chi connectivity index (χ3v) is 2.88. The van der Waals surface area contributed by atoms with Crippen molar-refractivity contribution < 1.29 is 9.31 Å². The molecule has 0 spiro atoms. The second-order valence-corrected chi connectivity index (χ2v) is 4.17. The van der Waals surface area contributed by atoms with Crippen molar-refractivity contribution in [1.29, 1.82) is 0 Å². The van der Waals surface area contributed by atoms with Crippen LogP contribution in [-0.4, -0.2) is 12.0 Å². The van der Waals surface area contributed by atoms with Crippen molar-refractivity contribution in [3.8, 4) is 0 Å². The number of nitrogens with zero attached hydrogens (tertiary/aromatic N) is 2. The van der Waals surface area contributed by atoms with Crippen molar-refractivity contribution >= 4 is 22.7 Å². The number of halogens is 1. The van der Waals surface area contributed by atoms with Gasteiger partial charge in [-0.2, -0.15) is 0 Å². The van der Waals surface area contributed by atoms with E-state index < -0.39 is 4.92 Å². The van der Waals surface area contributed by atoms with Crippen LogP contribution in [0, 0.1) is 15.9 Å². The first-order chi connectivity index (χ1) is 9.51. The molecule has 104 valence electrons. The highest BCUT2D eigenvalue weighted by Gasteiger charge is 2.13. The van der Waals surface area contributed by atoms with Crippen LogP contribution in [0.25, 0.3) is 0 Å². The summed E-state index contributed by atoms with van der Waals surface area (Å²) >= 11 is 0. The molecule has 0 bridgehead atoms. The Bertz CT molecular complexity index is 631. The fourth-order valence-corrected chi connectivity index (χ4v) is 1.79. The molecule has 2 rings (SSSR count). The van der Waals surface area contributed by atoms with Crippen LogP contribution < -0.4 is 16.2 Å². The van der Waals surface area contributed by atoms with Gasteiger partial charge in [0, 0.05) is 30.6 Å². The quantitative estimate of drug-likeness (QED) is 0.509. The normalized spacial score (nSPS) is 10.2. The van der Waals surface area contributed by atoms with Crippen LogP contribution in [0.3, 0.4) is 0 Å². The monoisotopic (exact) mass is 276 g/mol. The van der Waals surface area contributed by atoms with Gasteiger partial charge < -0.3 is 10.3 Å². The molecular weight excluding hydrogens is 263 g/mol. The summed E-state index contributed by atoms with van der Waals surface area (Å²) in [5.74, 6) is 4.96. The van der Waals surface area contributed by atoms with Crippen molar-refractivity contribution in [2.45, 2.75) is 0 Å². The van der Waals surface area contributed by atoms with Crippen molar-refractivity contribution in [3.05, 3.63) is 58.4 Å². The van der Waals surface area contributed by atoms with E-state index in [-0.39, 0.29) is 11.5 Å².